The number of amides is 1. The number of rotatable bonds is 6. The maximum absolute atomic E-state index is 14.5. The number of hydrogen-bond donors (Lipinski definition) is 2. The molecular weight excluding hydrogens is 364 g/mol. The van der Waals surface area contributed by atoms with E-state index in [1.165, 1.54) is 12.4 Å². The van der Waals surface area contributed by atoms with Crippen molar-refractivity contribution in [1.82, 2.24) is 14.9 Å². The van der Waals surface area contributed by atoms with Gasteiger partial charge in [-0.25, -0.2) is 18.7 Å². The summed E-state index contributed by atoms with van der Waals surface area (Å²) in [5.41, 5.74) is 6.35. The van der Waals surface area contributed by atoms with Crippen LogP contribution in [0.1, 0.15) is 28.4 Å². The van der Waals surface area contributed by atoms with Gasteiger partial charge in [-0.05, 0) is 49.8 Å². The van der Waals surface area contributed by atoms with Gasteiger partial charge in [0.05, 0.1) is 17.1 Å². The van der Waals surface area contributed by atoms with E-state index in [9.17, 15) is 13.6 Å². The number of anilines is 1. The van der Waals surface area contributed by atoms with Crippen LogP contribution in [0.25, 0.3) is 10.9 Å². The molecule has 3 aromatic rings. The largest absolute Gasteiger partial charge is 0.366 e. The Kier molecular flexibility index (Phi) is 4.87. The van der Waals surface area contributed by atoms with Crippen molar-refractivity contribution in [2.75, 3.05) is 25.0 Å². The topological polar surface area (TPSA) is 84.1 Å². The molecule has 28 heavy (non-hydrogen) atoms. The van der Waals surface area contributed by atoms with E-state index in [1.807, 2.05) is 0 Å². The van der Waals surface area contributed by atoms with Gasteiger partial charge in [-0.3, -0.25) is 4.79 Å². The highest BCUT2D eigenvalue weighted by Crippen LogP contribution is 2.29. The Morgan fingerprint density at radius 1 is 1.21 bits per heavy atom. The van der Waals surface area contributed by atoms with Gasteiger partial charge < -0.3 is 16.0 Å². The molecule has 0 aliphatic carbocycles. The molecule has 1 fully saturated rings. The normalized spacial score (nSPS) is 15.2. The van der Waals surface area contributed by atoms with E-state index in [4.69, 9.17) is 5.73 Å². The fourth-order valence-electron chi connectivity index (χ4n) is 3.39. The molecule has 0 saturated carbocycles. The first-order chi connectivity index (χ1) is 13.5. The number of hydrogen-bond acceptors (Lipinski definition) is 5. The number of halogens is 2. The zero-order valence-electron chi connectivity index (χ0n) is 15.0. The summed E-state index contributed by atoms with van der Waals surface area (Å²) in [6, 6.07) is 7.93. The summed E-state index contributed by atoms with van der Waals surface area (Å²) in [5.74, 6) is -1.16. The number of benzene rings is 2. The lowest BCUT2D eigenvalue weighted by atomic mass is 10.0. The number of nitrogens with zero attached hydrogens (tertiary/aromatic N) is 3. The number of carbonyl (C=O) groups excluding carboxylic acids is 1. The van der Waals surface area contributed by atoms with Crippen LogP contribution < -0.4 is 11.1 Å². The van der Waals surface area contributed by atoms with Crippen molar-refractivity contribution in [2.45, 2.75) is 12.5 Å². The zero-order valence-corrected chi connectivity index (χ0v) is 15.0. The third kappa shape index (κ3) is 3.50. The molecule has 2 heterocycles. The standard InChI is InChI=1S/C20H19F2N5O/c21-12-5-6-16(22)15(9-12)17(10-27-7-2-8-27)26-20-14-4-1-3-13(19(23)28)18(14)24-11-25-20/h1,3-6,9,11,17H,2,7-8,10H2,(H2,23,28)(H,24,25,26). The van der Waals surface area contributed by atoms with Crippen LogP contribution in [0.3, 0.4) is 0 Å². The van der Waals surface area contributed by atoms with Gasteiger partial charge in [-0.2, -0.15) is 0 Å². The number of likely N-dealkylation sites (tertiary alicyclic amines) is 1. The Bertz CT molecular complexity index is 1040. The predicted octanol–water partition coefficient (Wildman–Crippen LogP) is 2.87. The molecule has 1 aliphatic heterocycles. The van der Waals surface area contributed by atoms with Crippen LogP contribution in [-0.4, -0.2) is 40.4 Å². The molecule has 2 aromatic carbocycles. The lowest BCUT2D eigenvalue weighted by Crippen LogP contribution is -2.41. The van der Waals surface area contributed by atoms with E-state index in [0.717, 1.165) is 31.6 Å². The quantitative estimate of drug-likeness (QED) is 0.684. The van der Waals surface area contributed by atoms with Gasteiger partial charge >= 0.3 is 0 Å². The average molecular weight is 383 g/mol. The molecule has 8 heteroatoms. The number of primary amides is 1. The Labute approximate surface area is 160 Å². The SMILES string of the molecule is NC(=O)c1cccc2c(NC(CN3CCC3)c3cc(F)ccc3F)ncnc12. The van der Waals surface area contributed by atoms with Crippen LogP contribution in [0.4, 0.5) is 14.6 Å². The van der Waals surface area contributed by atoms with Gasteiger partial charge in [0.15, 0.2) is 0 Å². The molecule has 1 amide bonds. The van der Waals surface area contributed by atoms with Crippen molar-refractivity contribution in [1.29, 1.82) is 0 Å². The molecule has 6 nitrogen and oxygen atoms in total. The second kappa shape index (κ2) is 7.47. The van der Waals surface area contributed by atoms with Crippen molar-refractivity contribution in [2.24, 2.45) is 5.73 Å². The highest BCUT2D eigenvalue weighted by atomic mass is 19.1. The van der Waals surface area contributed by atoms with E-state index < -0.39 is 23.6 Å². The van der Waals surface area contributed by atoms with Crippen molar-refractivity contribution in [3.8, 4) is 0 Å². The third-order valence-electron chi connectivity index (χ3n) is 4.96. The van der Waals surface area contributed by atoms with E-state index in [2.05, 4.69) is 20.2 Å². The van der Waals surface area contributed by atoms with Gasteiger partial charge in [-0.1, -0.05) is 6.07 Å². The minimum absolute atomic E-state index is 0.227. The van der Waals surface area contributed by atoms with Crippen LogP contribution in [0, 0.1) is 11.6 Å². The van der Waals surface area contributed by atoms with E-state index in [-0.39, 0.29) is 11.1 Å². The second-order valence-electron chi connectivity index (χ2n) is 6.81. The van der Waals surface area contributed by atoms with Gasteiger partial charge in [0.2, 0.25) is 0 Å². The zero-order chi connectivity index (χ0) is 19.7. The molecule has 0 spiro atoms. The number of carbonyl (C=O) groups is 1. The third-order valence-corrected chi connectivity index (χ3v) is 4.96. The van der Waals surface area contributed by atoms with Crippen LogP contribution in [0.15, 0.2) is 42.7 Å². The molecule has 1 aromatic heterocycles. The Morgan fingerprint density at radius 3 is 2.75 bits per heavy atom. The van der Waals surface area contributed by atoms with Crippen LogP contribution in [-0.2, 0) is 0 Å². The smallest absolute Gasteiger partial charge is 0.250 e. The first-order valence-corrected chi connectivity index (χ1v) is 9.00. The van der Waals surface area contributed by atoms with Crippen molar-refractivity contribution < 1.29 is 13.6 Å². The Hall–Kier alpha value is -3.13. The van der Waals surface area contributed by atoms with Crippen LogP contribution in [0.5, 0.6) is 0 Å². The Balaban J connectivity index is 1.75. The summed E-state index contributed by atoms with van der Waals surface area (Å²) >= 11 is 0. The molecule has 0 radical (unpaired) electrons. The molecule has 1 unspecified atom stereocenters. The highest BCUT2D eigenvalue weighted by molar-refractivity contribution is 6.06. The van der Waals surface area contributed by atoms with Crippen LogP contribution in [0.2, 0.25) is 0 Å². The summed E-state index contributed by atoms with van der Waals surface area (Å²) in [4.78, 5) is 22.3. The Morgan fingerprint density at radius 2 is 2.04 bits per heavy atom. The fourth-order valence-corrected chi connectivity index (χ4v) is 3.39. The molecule has 144 valence electrons. The maximum Gasteiger partial charge on any atom is 0.250 e. The fraction of sp³-hybridized carbons (Fsp3) is 0.250. The molecular formula is C20H19F2N5O. The summed E-state index contributed by atoms with van der Waals surface area (Å²) < 4.78 is 28.2. The average Bonchev–Trinajstić information content (AvgIpc) is 2.65. The van der Waals surface area contributed by atoms with Crippen LogP contribution >= 0.6 is 0 Å². The lowest BCUT2D eigenvalue weighted by molar-refractivity contribution is 0.100. The van der Waals surface area contributed by atoms with E-state index in [1.54, 1.807) is 18.2 Å². The van der Waals surface area contributed by atoms with Gasteiger partial charge in [-0.15, -0.1) is 0 Å². The molecule has 4 rings (SSSR count). The number of para-hydroxylation sites is 1. The summed E-state index contributed by atoms with van der Waals surface area (Å²) in [6.07, 6.45) is 2.40. The first-order valence-electron chi connectivity index (χ1n) is 9.00. The van der Waals surface area contributed by atoms with Gasteiger partial charge in [0.25, 0.3) is 5.91 Å². The van der Waals surface area contributed by atoms with Crippen molar-refractivity contribution in [3.63, 3.8) is 0 Å². The van der Waals surface area contributed by atoms with E-state index >= 15 is 0 Å². The lowest BCUT2D eigenvalue weighted by Gasteiger charge is -2.35. The molecule has 1 atom stereocenters. The number of fused-ring (bicyclic) bond motifs is 1. The number of nitrogens with two attached hydrogens (primary N) is 1. The molecule has 0 bridgehead atoms. The highest BCUT2D eigenvalue weighted by Gasteiger charge is 2.24. The minimum Gasteiger partial charge on any atom is -0.366 e. The van der Waals surface area contributed by atoms with E-state index in [0.29, 0.717) is 23.3 Å². The number of nitrogens with one attached hydrogen (secondary N) is 1. The minimum atomic E-state index is -0.594. The number of aromatic nitrogens is 2. The monoisotopic (exact) mass is 383 g/mol. The van der Waals surface area contributed by atoms with Gasteiger partial charge in [0.1, 0.15) is 23.8 Å². The van der Waals surface area contributed by atoms with Crippen molar-refractivity contribution >= 4 is 22.6 Å². The summed E-state index contributed by atoms with van der Waals surface area (Å²) in [5, 5.41) is 3.81. The molecule has 1 saturated heterocycles. The maximum atomic E-state index is 14.5. The van der Waals surface area contributed by atoms with Gasteiger partial charge in [0, 0.05) is 17.5 Å². The molecule has 1 aliphatic rings. The van der Waals surface area contributed by atoms with Crippen molar-refractivity contribution in [3.05, 3.63) is 65.5 Å². The second-order valence-corrected chi connectivity index (χ2v) is 6.81. The predicted molar refractivity (Wildman–Crippen MR) is 102 cm³/mol. The first kappa shape index (κ1) is 18.2. The molecule has 3 N–H and O–H groups in total. The summed E-state index contributed by atoms with van der Waals surface area (Å²) in [7, 11) is 0. The summed E-state index contributed by atoms with van der Waals surface area (Å²) in [6.45, 7) is 2.32.